The second-order valence-electron chi connectivity index (χ2n) is 8.12. The molecule has 1 amide bonds. The number of nitrogens with zero attached hydrogens (tertiary/aromatic N) is 1. The molecule has 31 heavy (non-hydrogen) atoms. The SMILES string of the molecule is COc1ccc2c(ccn2CCC(=O)N[C@@H]2CCCc3c2[nH]c2ccc(OC)cc32)c1. The lowest BCUT2D eigenvalue weighted by Crippen LogP contribution is -2.31. The predicted octanol–water partition coefficient (Wildman–Crippen LogP) is 4.72. The Morgan fingerprint density at radius 3 is 2.77 bits per heavy atom. The Kier molecular flexibility index (Phi) is 5.06. The van der Waals surface area contributed by atoms with Gasteiger partial charge >= 0.3 is 0 Å². The Morgan fingerprint density at radius 1 is 1.13 bits per heavy atom. The van der Waals surface area contributed by atoms with Gasteiger partial charge in [-0.2, -0.15) is 0 Å². The summed E-state index contributed by atoms with van der Waals surface area (Å²) in [5.74, 6) is 1.77. The average molecular weight is 418 g/mol. The van der Waals surface area contributed by atoms with Crippen molar-refractivity contribution in [3.05, 3.63) is 59.9 Å². The van der Waals surface area contributed by atoms with Crippen LogP contribution in [0.2, 0.25) is 0 Å². The van der Waals surface area contributed by atoms with Gasteiger partial charge in [-0.15, -0.1) is 0 Å². The summed E-state index contributed by atoms with van der Waals surface area (Å²) < 4.78 is 12.8. The van der Waals surface area contributed by atoms with Gasteiger partial charge in [-0.3, -0.25) is 4.79 Å². The molecule has 0 radical (unpaired) electrons. The number of amides is 1. The molecule has 0 bridgehead atoms. The van der Waals surface area contributed by atoms with Gasteiger partial charge in [-0.25, -0.2) is 0 Å². The zero-order valence-corrected chi connectivity index (χ0v) is 17.9. The van der Waals surface area contributed by atoms with E-state index in [0.717, 1.165) is 52.9 Å². The van der Waals surface area contributed by atoms with Crippen LogP contribution in [0, 0.1) is 0 Å². The zero-order chi connectivity index (χ0) is 21.4. The lowest BCUT2D eigenvalue weighted by molar-refractivity contribution is -0.122. The molecule has 2 N–H and O–H groups in total. The Bertz CT molecular complexity index is 1250. The van der Waals surface area contributed by atoms with Crippen LogP contribution in [0.1, 0.15) is 36.6 Å². The van der Waals surface area contributed by atoms with Gasteiger partial charge in [0, 0.05) is 46.7 Å². The van der Waals surface area contributed by atoms with Crippen LogP contribution in [0.15, 0.2) is 48.7 Å². The van der Waals surface area contributed by atoms with Crippen molar-refractivity contribution in [2.24, 2.45) is 0 Å². The fourth-order valence-corrected chi connectivity index (χ4v) is 4.70. The molecule has 0 fully saturated rings. The minimum Gasteiger partial charge on any atom is -0.497 e. The molecule has 2 aromatic carbocycles. The van der Waals surface area contributed by atoms with Crippen molar-refractivity contribution < 1.29 is 14.3 Å². The molecule has 1 aliphatic rings. The quantitative estimate of drug-likeness (QED) is 0.477. The standard InChI is InChI=1S/C25H27N3O3/c1-30-17-7-9-23-16(14-17)10-12-28(23)13-11-24(29)26-22-5-3-4-19-20-15-18(31-2)6-8-21(20)27-25(19)22/h6-10,12,14-15,22,27H,3-5,11,13H2,1-2H3,(H,26,29)/t22-/m1/s1. The Labute approximate surface area is 181 Å². The molecule has 1 atom stereocenters. The van der Waals surface area contributed by atoms with Crippen molar-refractivity contribution in [2.75, 3.05) is 14.2 Å². The van der Waals surface area contributed by atoms with Gasteiger partial charge in [0.1, 0.15) is 11.5 Å². The molecule has 0 saturated carbocycles. The molecular formula is C25H27N3O3. The van der Waals surface area contributed by atoms with Gasteiger partial charge in [0.25, 0.3) is 0 Å². The summed E-state index contributed by atoms with van der Waals surface area (Å²) in [5, 5.41) is 5.57. The van der Waals surface area contributed by atoms with E-state index in [2.05, 4.69) is 33.1 Å². The Morgan fingerprint density at radius 2 is 1.94 bits per heavy atom. The molecule has 6 nitrogen and oxygen atoms in total. The highest BCUT2D eigenvalue weighted by Crippen LogP contribution is 2.36. The van der Waals surface area contributed by atoms with Crippen molar-refractivity contribution in [1.82, 2.24) is 14.9 Å². The maximum Gasteiger partial charge on any atom is 0.222 e. The summed E-state index contributed by atoms with van der Waals surface area (Å²) >= 11 is 0. The minimum atomic E-state index is 0.0281. The van der Waals surface area contributed by atoms with Gasteiger partial charge < -0.3 is 24.3 Å². The maximum absolute atomic E-state index is 12.8. The molecule has 0 aliphatic heterocycles. The van der Waals surface area contributed by atoms with Crippen LogP contribution >= 0.6 is 0 Å². The third-order valence-electron chi connectivity index (χ3n) is 6.31. The summed E-state index contributed by atoms with van der Waals surface area (Å²) in [7, 11) is 3.36. The molecule has 0 spiro atoms. The number of carbonyl (C=O) groups is 1. The number of carbonyl (C=O) groups excluding carboxylic acids is 1. The largest absolute Gasteiger partial charge is 0.497 e. The van der Waals surface area contributed by atoms with Crippen LogP contribution < -0.4 is 14.8 Å². The van der Waals surface area contributed by atoms with Crippen molar-refractivity contribution in [3.8, 4) is 11.5 Å². The first-order valence-electron chi connectivity index (χ1n) is 10.8. The molecule has 2 aromatic heterocycles. The Hall–Kier alpha value is -3.41. The molecule has 5 rings (SSSR count). The molecule has 4 aromatic rings. The first-order chi connectivity index (χ1) is 15.2. The number of benzene rings is 2. The lowest BCUT2D eigenvalue weighted by Gasteiger charge is -2.24. The highest BCUT2D eigenvalue weighted by atomic mass is 16.5. The van der Waals surface area contributed by atoms with Crippen LogP contribution in [0.4, 0.5) is 0 Å². The number of methoxy groups -OCH3 is 2. The molecule has 6 heteroatoms. The summed E-state index contributed by atoms with van der Waals surface area (Å²) in [6, 6.07) is 14.2. The number of H-pyrrole nitrogens is 1. The second-order valence-corrected chi connectivity index (χ2v) is 8.12. The number of aromatic amines is 1. The summed E-state index contributed by atoms with van der Waals surface area (Å²) in [6.45, 7) is 0.644. The molecule has 0 saturated heterocycles. The van der Waals surface area contributed by atoms with Crippen molar-refractivity contribution in [2.45, 2.75) is 38.3 Å². The predicted molar refractivity (Wildman–Crippen MR) is 122 cm³/mol. The third kappa shape index (κ3) is 3.63. The number of nitrogens with one attached hydrogen (secondary N) is 2. The number of hydrogen-bond donors (Lipinski definition) is 2. The van der Waals surface area contributed by atoms with Gasteiger partial charge in [0.15, 0.2) is 0 Å². The first-order valence-corrected chi connectivity index (χ1v) is 10.8. The van der Waals surface area contributed by atoms with Crippen molar-refractivity contribution in [1.29, 1.82) is 0 Å². The highest BCUT2D eigenvalue weighted by molar-refractivity contribution is 5.87. The summed E-state index contributed by atoms with van der Waals surface area (Å²) in [6.07, 6.45) is 5.51. The summed E-state index contributed by atoms with van der Waals surface area (Å²) in [5.41, 5.74) is 4.65. The van der Waals surface area contributed by atoms with Gasteiger partial charge in [-0.1, -0.05) is 0 Å². The number of aryl methyl sites for hydroxylation is 2. The van der Waals surface area contributed by atoms with Crippen LogP contribution in [0.25, 0.3) is 21.8 Å². The molecular weight excluding hydrogens is 390 g/mol. The first kappa shape index (κ1) is 19.5. The van der Waals surface area contributed by atoms with Gasteiger partial charge in [0.05, 0.1) is 20.3 Å². The van der Waals surface area contributed by atoms with E-state index in [4.69, 9.17) is 9.47 Å². The van der Waals surface area contributed by atoms with E-state index in [1.807, 2.05) is 30.5 Å². The van der Waals surface area contributed by atoms with Crippen LogP contribution in [0.3, 0.4) is 0 Å². The van der Waals surface area contributed by atoms with E-state index < -0.39 is 0 Å². The van der Waals surface area contributed by atoms with Crippen molar-refractivity contribution in [3.63, 3.8) is 0 Å². The van der Waals surface area contributed by atoms with Crippen molar-refractivity contribution >= 4 is 27.7 Å². The van der Waals surface area contributed by atoms with Gasteiger partial charge in [0.2, 0.25) is 5.91 Å². The highest BCUT2D eigenvalue weighted by Gasteiger charge is 2.25. The smallest absolute Gasteiger partial charge is 0.222 e. The molecule has 1 aliphatic carbocycles. The fraction of sp³-hybridized carbons (Fsp3) is 0.320. The molecule has 2 heterocycles. The van der Waals surface area contributed by atoms with Crippen LogP contribution in [-0.2, 0) is 17.8 Å². The third-order valence-corrected chi connectivity index (χ3v) is 6.31. The molecule has 0 unspecified atom stereocenters. The van der Waals surface area contributed by atoms with Gasteiger partial charge in [-0.05, 0) is 67.3 Å². The van der Waals surface area contributed by atoms with E-state index in [1.54, 1.807) is 14.2 Å². The number of rotatable bonds is 6. The van der Waals surface area contributed by atoms with E-state index in [9.17, 15) is 4.79 Å². The lowest BCUT2D eigenvalue weighted by atomic mass is 9.91. The van der Waals surface area contributed by atoms with Crippen LogP contribution in [-0.4, -0.2) is 29.7 Å². The summed E-state index contributed by atoms with van der Waals surface area (Å²) in [4.78, 5) is 16.3. The minimum absolute atomic E-state index is 0.0281. The monoisotopic (exact) mass is 417 g/mol. The number of hydrogen-bond acceptors (Lipinski definition) is 3. The topological polar surface area (TPSA) is 68.3 Å². The molecule has 160 valence electrons. The van der Waals surface area contributed by atoms with E-state index >= 15 is 0 Å². The maximum atomic E-state index is 12.8. The van der Waals surface area contributed by atoms with E-state index in [0.29, 0.717) is 13.0 Å². The number of fused-ring (bicyclic) bond motifs is 4. The normalized spacial score (nSPS) is 15.7. The van der Waals surface area contributed by atoms with Crippen LogP contribution in [0.5, 0.6) is 11.5 Å². The Balaban J connectivity index is 1.29. The fourth-order valence-electron chi connectivity index (χ4n) is 4.70. The second kappa shape index (κ2) is 8.02. The number of aromatic nitrogens is 2. The van der Waals surface area contributed by atoms with E-state index in [-0.39, 0.29) is 11.9 Å². The number of ether oxygens (including phenoxy) is 2. The average Bonchev–Trinajstić information content (AvgIpc) is 3.38. The zero-order valence-electron chi connectivity index (χ0n) is 17.9. The van der Waals surface area contributed by atoms with E-state index in [1.165, 1.54) is 10.9 Å².